The van der Waals surface area contributed by atoms with Gasteiger partial charge >= 0.3 is 0 Å². The lowest BCUT2D eigenvalue weighted by Crippen LogP contribution is -2.24. The van der Waals surface area contributed by atoms with Crippen LogP contribution in [0.4, 0.5) is 0 Å². The summed E-state index contributed by atoms with van der Waals surface area (Å²) in [5.74, 6) is 0.369. The predicted molar refractivity (Wildman–Crippen MR) is 151 cm³/mol. The van der Waals surface area contributed by atoms with E-state index in [0.29, 0.717) is 43.3 Å². The molecular formula is C26H22Cl2N4O3S2. The van der Waals surface area contributed by atoms with Crippen LogP contribution in [0.15, 0.2) is 57.5 Å². The highest BCUT2D eigenvalue weighted by Gasteiger charge is 2.24. The molecule has 0 saturated carbocycles. The lowest BCUT2D eigenvalue weighted by molar-refractivity contribution is -0.118. The summed E-state index contributed by atoms with van der Waals surface area (Å²) in [7, 11) is 0. The number of thiophene rings is 1. The SMILES string of the molecule is CCOc1ccc(-n2c(SCC(=O)NN=Cc3c(Cl)cccc3Cl)nc3sc4c(c3c2=O)CCC4)cc1. The van der Waals surface area contributed by atoms with Crippen LogP contribution in [0.3, 0.4) is 0 Å². The molecule has 0 radical (unpaired) electrons. The molecule has 11 heteroatoms. The number of thioether (sulfide) groups is 1. The fourth-order valence-electron chi connectivity index (χ4n) is 4.17. The Balaban J connectivity index is 1.42. The normalized spacial score (nSPS) is 12.8. The van der Waals surface area contributed by atoms with Crippen molar-refractivity contribution in [1.29, 1.82) is 0 Å². The molecule has 2 aromatic carbocycles. The van der Waals surface area contributed by atoms with E-state index in [4.69, 9.17) is 32.9 Å². The van der Waals surface area contributed by atoms with Gasteiger partial charge in [0.2, 0.25) is 0 Å². The average molecular weight is 574 g/mol. The number of nitrogens with one attached hydrogen (secondary N) is 1. The van der Waals surface area contributed by atoms with Crippen molar-refractivity contribution in [1.82, 2.24) is 15.0 Å². The first kappa shape index (κ1) is 25.8. The molecule has 0 atom stereocenters. The molecule has 1 aliphatic carbocycles. The molecule has 1 N–H and O–H groups in total. The number of hydrogen-bond acceptors (Lipinski definition) is 7. The van der Waals surface area contributed by atoms with Gasteiger partial charge in [0.25, 0.3) is 11.5 Å². The van der Waals surface area contributed by atoms with Gasteiger partial charge in [0.05, 0.1) is 39.7 Å². The number of carbonyl (C=O) groups is 1. The van der Waals surface area contributed by atoms with E-state index in [2.05, 4.69) is 10.5 Å². The first-order chi connectivity index (χ1) is 18.0. The van der Waals surface area contributed by atoms with Gasteiger partial charge in [-0.1, -0.05) is 41.0 Å². The number of hydrogen-bond donors (Lipinski definition) is 1. The Labute approximate surface area is 231 Å². The molecule has 0 aliphatic heterocycles. The van der Waals surface area contributed by atoms with Gasteiger partial charge < -0.3 is 4.74 Å². The van der Waals surface area contributed by atoms with Crippen molar-refractivity contribution >= 4 is 68.6 Å². The second-order valence-corrected chi connectivity index (χ2v) is 11.1. The molecule has 1 amide bonds. The highest BCUT2D eigenvalue weighted by atomic mass is 35.5. The van der Waals surface area contributed by atoms with E-state index in [1.54, 1.807) is 34.1 Å². The predicted octanol–water partition coefficient (Wildman–Crippen LogP) is 5.88. The van der Waals surface area contributed by atoms with E-state index >= 15 is 0 Å². The molecule has 0 spiro atoms. The van der Waals surface area contributed by atoms with Crippen LogP contribution in [0.1, 0.15) is 29.3 Å². The van der Waals surface area contributed by atoms with Crippen LogP contribution < -0.4 is 15.7 Å². The minimum absolute atomic E-state index is 0.00760. The largest absolute Gasteiger partial charge is 0.494 e. The maximum atomic E-state index is 13.8. The van der Waals surface area contributed by atoms with Crippen LogP contribution in [-0.2, 0) is 17.6 Å². The van der Waals surface area contributed by atoms with Crippen molar-refractivity contribution in [3.63, 3.8) is 0 Å². The Hall–Kier alpha value is -2.85. The van der Waals surface area contributed by atoms with Crippen LogP contribution >= 0.6 is 46.3 Å². The number of aryl methyl sites for hydroxylation is 2. The number of hydrazone groups is 1. The highest BCUT2D eigenvalue weighted by Crippen LogP contribution is 2.36. The summed E-state index contributed by atoms with van der Waals surface area (Å²) in [6, 6.07) is 12.4. The van der Waals surface area contributed by atoms with Gasteiger partial charge in [-0.15, -0.1) is 11.3 Å². The molecule has 0 unspecified atom stereocenters. The Morgan fingerprint density at radius 1 is 1.22 bits per heavy atom. The molecule has 0 fully saturated rings. The number of ether oxygens (including phenoxy) is 1. The van der Waals surface area contributed by atoms with Crippen molar-refractivity contribution in [2.45, 2.75) is 31.3 Å². The minimum atomic E-state index is -0.356. The summed E-state index contributed by atoms with van der Waals surface area (Å²) in [5, 5.41) is 5.96. The molecule has 2 heterocycles. The Kier molecular flexibility index (Phi) is 7.85. The molecular weight excluding hydrogens is 551 g/mol. The molecule has 4 aromatic rings. The number of halogens is 2. The van der Waals surface area contributed by atoms with E-state index in [9.17, 15) is 9.59 Å². The number of fused-ring (bicyclic) bond motifs is 3. The Morgan fingerprint density at radius 3 is 2.70 bits per heavy atom. The standard InChI is InChI=1S/C26H22Cl2N4O3S2/c1-2-35-16-11-9-15(10-12-16)32-25(34)23-17-5-3-8-21(17)37-24(23)30-26(32)36-14-22(33)31-29-13-18-19(27)6-4-7-20(18)28/h4,6-7,9-13H,2-3,5,8,14H2,1H3,(H,31,33). The molecule has 37 heavy (non-hydrogen) atoms. The Morgan fingerprint density at radius 2 is 1.97 bits per heavy atom. The molecule has 7 nitrogen and oxygen atoms in total. The summed E-state index contributed by atoms with van der Waals surface area (Å²) < 4.78 is 7.13. The van der Waals surface area contributed by atoms with Crippen molar-refractivity contribution in [2.24, 2.45) is 5.10 Å². The van der Waals surface area contributed by atoms with Crippen molar-refractivity contribution < 1.29 is 9.53 Å². The quantitative estimate of drug-likeness (QED) is 0.123. The van der Waals surface area contributed by atoms with Gasteiger partial charge in [-0.05, 0) is 68.1 Å². The van der Waals surface area contributed by atoms with E-state index < -0.39 is 0 Å². The molecule has 2 aromatic heterocycles. The molecule has 0 saturated heterocycles. The fraction of sp³-hybridized carbons (Fsp3) is 0.231. The number of benzene rings is 2. The Bertz CT molecular complexity index is 1540. The van der Waals surface area contributed by atoms with Gasteiger partial charge in [-0.2, -0.15) is 5.10 Å². The average Bonchev–Trinajstić information content (AvgIpc) is 3.47. The topological polar surface area (TPSA) is 85.6 Å². The maximum Gasteiger partial charge on any atom is 0.267 e. The summed E-state index contributed by atoms with van der Waals surface area (Å²) in [6.45, 7) is 2.47. The summed E-state index contributed by atoms with van der Waals surface area (Å²) in [4.78, 5) is 33.1. The van der Waals surface area contributed by atoms with E-state index in [1.165, 1.54) is 22.9 Å². The number of aromatic nitrogens is 2. The van der Waals surface area contributed by atoms with Gasteiger partial charge in [0.15, 0.2) is 5.16 Å². The molecule has 190 valence electrons. The number of carbonyl (C=O) groups excluding carboxylic acids is 1. The number of rotatable bonds is 8. The zero-order valence-corrected chi connectivity index (χ0v) is 22.9. The van der Waals surface area contributed by atoms with Crippen LogP contribution in [0.25, 0.3) is 15.9 Å². The molecule has 1 aliphatic rings. The smallest absolute Gasteiger partial charge is 0.267 e. The second kappa shape index (κ2) is 11.3. The second-order valence-electron chi connectivity index (χ2n) is 8.22. The van der Waals surface area contributed by atoms with Gasteiger partial charge in [-0.25, -0.2) is 10.4 Å². The van der Waals surface area contributed by atoms with Crippen LogP contribution in [0.5, 0.6) is 5.75 Å². The van der Waals surface area contributed by atoms with Crippen LogP contribution in [0, 0.1) is 0 Å². The lowest BCUT2D eigenvalue weighted by Gasteiger charge is -2.13. The molecule has 5 rings (SSSR count). The lowest BCUT2D eigenvalue weighted by atomic mass is 10.2. The van der Waals surface area contributed by atoms with E-state index in [1.807, 2.05) is 31.2 Å². The minimum Gasteiger partial charge on any atom is -0.494 e. The number of amides is 1. The summed E-state index contributed by atoms with van der Waals surface area (Å²) >= 11 is 15.0. The van der Waals surface area contributed by atoms with Gasteiger partial charge in [0.1, 0.15) is 10.6 Å². The van der Waals surface area contributed by atoms with Crippen molar-refractivity contribution in [3.8, 4) is 11.4 Å². The van der Waals surface area contributed by atoms with Crippen LogP contribution in [0.2, 0.25) is 10.0 Å². The van der Waals surface area contributed by atoms with Crippen molar-refractivity contribution in [3.05, 3.63) is 78.9 Å². The van der Waals surface area contributed by atoms with E-state index in [0.717, 1.165) is 30.6 Å². The summed E-state index contributed by atoms with van der Waals surface area (Å²) in [6.07, 6.45) is 4.31. The van der Waals surface area contributed by atoms with Gasteiger partial charge in [0, 0.05) is 10.4 Å². The van der Waals surface area contributed by atoms with Crippen LogP contribution in [-0.4, -0.2) is 34.0 Å². The first-order valence-electron chi connectivity index (χ1n) is 11.7. The highest BCUT2D eigenvalue weighted by molar-refractivity contribution is 7.99. The van der Waals surface area contributed by atoms with E-state index in [-0.39, 0.29) is 17.2 Å². The fourth-order valence-corrected chi connectivity index (χ4v) is 6.78. The summed E-state index contributed by atoms with van der Waals surface area (Å²) in [5.41, 5.74) is 4.65. The first-order valence-corrected chi connectivity index (χ1v) is 14.2. The monoisotopic (exact) mass is 572 g/mol. The molecule has 0 bridgehead atoms. The number of nitrogens with zero attached hydrogens (tertiary/aromatic N) is 3. The third kappa shape index (κ3) is 5.40. The third-order valence-electron chi connectivity index (χ3n) is 5.83. The van der Waals surface area contributed by atoms with Crippen molar-refractivity contribution in [2.75, 3.05) is 12.4 Å². The zero-order chi connectivity index (χ0) is 25.9. The zero-order valence-electron chi connectivity index (χ0n) is 19.8. The van der Waals surface area contributed by atoms with Gasteiger partial charge in [-0.3, -0.25) is 14.2 Å². The maximum absolute atomic E-state index is 13.8. The third-order valence-corrected chi connectivity index (χ3v) is 8.61.